The van der Waals surface area contributed by atoms with E-state index in [2.05, 4.69) is 42.5 Å². The van der Waals surface area contributed by atoms with Gasteiger partial charge in [-0.25, -0.2) is 0 Å². The van der Waals surface area contributed by atoms with Crippen molar-refractivity contribution in [3.8, 4) is 0 Å². The topological polar surface area (TPSA) is 52.2 Å². The summed E-state index contributed by atoms with van der Waals surface area (Å²) in [5, 5.41) is 11.6. The van der Waals surface area contributed by atoms with Crippen molar-refractivity contribution in [3.63, 3.8) is 0 Å². The second-order valence-electron chi connectivity index (χ2n) is 3.24. The Morgan fingerprint density at radius 1 is 1.47 bits per heavy atom. The SMILES string of the molecule is O=C1Nc2cc(Br)ccc2C1(F)F.[K+].[O-]CCSI. The fourth-order valence-corrected chi connectivity index (χ4v) is 2.21. The van der Waals surface area contributed by atoms with Crippen LogP contribution in [0.1, 0.15) is 5.56 Å². The largest absolute Gasteiger partial charge is 1.00 e. The zero-order chi connectivity index (χ0) is 13.8. The Bertz CT molecular complexity index is 452. The maximum Gasteiger partial charge on any atom is 1.00 e. The van der Waals surface area contributed by atoms with Crippen LogP contribution in [0.15, 0.2) is 22.7 Å². The molecule has 9 heteroatoms. The number of fused-ring (bicyclic) bond motifs is 1. The molecule has 0 bridgehead atoms. The molecule has 0 saturated heterocycles. The molecule has 0 atom stereocenters. The predicted molar refractivity (Wildman–Crippen MR) is 78.0 cm³/mol. The molecule has 0 aromatic heterocycles. The van der Waals surface area contributed by atoms with Gasteiger partial charge in [-0.1, -0.05) is 24.9 Å². The third-order valence-electron chi connectivity index (χ3n) is 2.01. The maximum atomic E-state index is 13.0. The number of carbonyl (C=O) groups excluding carboxylic acids is 1. The number of halogens is 4. The molecular weight excluding hydrogens is 482 g/mol. The van der Waals surface area contributed by atoms with E-state index in [9.17, 15) is 18.7 Å². The van der Waals surface area contributed by atoms with Crippen LogP contribution in [-0.4, -0.2) is 18.3 Å². The number of rotatable bonds is 2. The summed E-state index contributed by atoms with van der Waals surface area (Å²) in [5.41, 5.74) is -0.0925. The molecule has 2 rings (SSSR count). The normalized spacial score (nSPS) is 14.7. The zero-order valence-corrected chi connectivity index (χ0v) is 17.6. The standard InChI is InChI=1S/C8H4BrF2NO.C2H4IOS.K/c9-4-1-2-5-6(3-4)12-7(13)8(5,10)11;3-5-2-1-4;/h1-3H,(H,12,13);1-2H2;/q;-1;+1. The van der Waals surface area contributed by atoms with Crippen molar-refractivity contribution in [2.24, 2.45) is 0 Å². The van der Waals surface area contributed by atoms with E-state index >= 15 is 0 Å². The minimum absolute atomic E-state index is 0. The fourth-order valence-electron chi connectivity index (χ4n) is 1.25. The van der Waals surface area contributed by atoms with Crippen molar-refractivity contribution in [1.29, 1.82) is 0 Å². The first kappa shape index (κ1) is 20.7. The van der Waals surface area contributed by atoms with E-state index in [1.54, 1.807) is 8.93 Å². The minimum Gasteiger partial charge on any atom is -0.854 e. The van der Waals surface area contributed by atoms with Crippen LogP contribution in [0.4, 0.5) is 14.5 Å². The third kappa shape index (κ3) is 5.78. The van der Waals surface area contributed by atoms with E-state index in [1.807, 2.05) is 0 Å². The molecule has 0 spiro atoms. The van der Waals surface area contributed by atoms with Crippen molar-refractivity contribution < 1.29 is 70.1 Å². The number of benzene rings is 1. The Labute approximate surface area is 176 Å². The van der Waals surface area contributed by atoms with Crippen LogP contribution in [0, 0.1) is 0 Å². The Hall–Kier alpha value is 1.71. The predicted octanol–water partition coefficient (Wildman–Crippen LogP) is -0.0731. The van der Waals surface area contributed by atoms with Gasteiger partial charge in [0.25, 0.3) is 5.91 Å². The summed E-state index contributed by atoms with van der Waals surface area (Å²) in [6, 6.07) is 4.17. The third-order valence-corrected chi connectivity index (χ3v) is 4.15. The Morgan fingerprint density at radius 2 is 2.11 bits per heavy atom. The van der Waals surface area contributed by atoms with Crippen LogP contribution in [0.2, 0.25) is 0 Å². The summed E-state index contributed by atoms with van der Waals surface area (Å²) >= 11 is 5.23. The van der Waals surface area contributed by atoms with Gasteiger partial charge < -0.3 is 10.4 Å². The van der Waals surface area contributed by atoms with Gasteiger partial charge >= 0.3 is 57.3 Å². The molecule has 0 unspecified atom stereocenters. The summed E-state index contributed by atoms with van der Waals surface area (Å²) in [7, 11) is 1.56. The maximum absolute atomic E-state index is 13.0. The van der Waals surface area contributed by atoms with Crippen molar-refractivity contribution in [3.05, 3.63) is 28.2 Å². The summed E-state index contributed by atoms with van der Waals surface area (Å²) < 4.78 is 26.7. The Kier molecular flexibility index (Phi) is 10.5. The molecule has 1 aliphatic rings. The molecule has 19 heavy (non-hydrogen) atoms. The zero-order valence-electron chi connectivity index (χ0n) is 9.88. The molecular formula is C10H8BrF2IKNO2S. The molecule has 0 aliphatic carbocycles. The number of hydrogen-bond acceptors (Lipinski definition) is 3. The van der Waals surface area contributed by atoms with E-state index in [4.69, 9.17) is 0 Å². The van der Waals surface area contributed by atoms with E-state index in [1.165, 1.54) is 18.2 Å². The van der Waals surface area contributed by atoms with Crippen molar-refractivity contribution in [2.45, 2.75) is 5.92 Å². The number of alkyl halides is 2. The smallest absolute Gasteiger partial charge is 0.854 e. The number of carbonyl (C=O) groups is 1. The Morgan fingerprint density at radius 3 is 2.58 bits per heavy atom. The molecule has 1 amide bonds. The van der Waals surface area contributed by atoms with Crippen LogP contribution < -0.4 is 61.8 Å². The summed E-state index contributed by atoms with van der Waals surface area (Å²) in [5.74, 6) is -3.92. The monoisotopic (exact) mass is 489 g/mol. The molecule has 1 N–H and O–H groups in total. The first-order chi connectivity index (χ1) is 8.43. The second kappa shape index (κ2) is 9.67. The summed E-state index contributed by atoms with van der Waals surface area (Å²) in [6.07, 6.45) is 0. The molecule has 3 nitrogen and oxygen atoms in total. The van der Waals surface area contributed by atoms with Crippen molar-refractivity contribution >= 4 is 57.7 Å². The molecule has 0 radical (unpaired) electrons. The van der Waals surface area contributed by atoms with E-state index in [0.29, 0.717) is 4.47 Å². The average Bonchev–Trinajstić information content (AvgIpc) is 2.51. The molecule has 1 aromatic carbocycles. The van der Waals surface area contributed by atoms with Gasteiger partial charge in [-0.05, 0) is 45.2 Å². The molecule has 0 saturated carbocycles. The Balaban J connectivity index is 0.000000471. The van der Waals surface area contributed by atoms with Crippen molar-refractivity contribution in [1.82, 2.24) is 0 Å². The van der Waals surface area contributed by atoms with E-state index in [-0.39, 0.29) is 69.2 Å². The molecule has 1 aliphatic heterocycles. The summed E-state index contributed by atoms with van der Waals surface area (Å²) in [4.78, 5) is 10.8. The quantitative estimate of drug-likeness (QED) is 0.467. The molecule has 1 aromatic rings. The van der Waals surface area contributed by atoms with Crippen LogP contribution in [0.5, 0.6) is 0 Å². The number of amides is 1. The van der Waals surface area contributed by atoms with Gasteiger partial charge in [0, 0.05) is 4.47 Å². The van der Waals surface area contributed by atoms with Gasteiger partial charge in [0.2, 0.25) is 0 Å². The van der Waals surface area contributed by atoms with Gasteiger partial charge in [0.1, 0.15) is 0 Å². The number of anilines is 1. The van der Waals surface area contributed by atoms with E-state index < -0.39 is 11.8 Å². The molecule has 100 valence electrons. The van der Waals surface area contributed by atoms with Gasteiger partial charge in [-0.3, -0.25) is 4.79 Å². The van der Waals surface area contributed by atoms with Crippen LogP contribution in [0.25, 0.3) is 0 Å². The van der Waals surface area contributed by atoms with Gasteiger partial charge in [-0.15, -0.1) is 6.61 Å². The first-order valence-corrected chi connectivity index (χ1v) is 9.06. The summed E-state index contributed by atoms with van der Waals surface area (Å²) in [6.45, 7) is 0.0492. The van der Waals surface area contributed by atoms with Crippen molar-refractivity contribution in [2.75, 3.05) is 17.7 Å². The number of nitrogens with one attached hydrogen (secondary N) is 1. The van der Waals surface area contributed by atoms with Crippen LogP contribution in [0.3, 0.4) is 0 Å². The van der Waals surface area contributed by atoms with E-state index in [0.717, 1.165) is 5.75 Å². The van der Waals surface area contributed by atoms with Gasteiger partial charge in [-0.2, -0.15) is 8.78 Å². The minimum atomic E-state index is -3.39. The average molecular weight is 490 g/mol. The number of hydrogen-bond donors (Lipinski definition) is 1. The first-order valence-electron chi connectivity index (χ1n) is 4.74. The molecule has 1 heterocycles. The fraction of sp³-hybridized carbons (Fsp3) is 0.300. The second-order valence-corrected chi connectivity index (χ2v) is 6.65. The molecule has 0 fully saturated rings. The van der Waals surface area contributed by atoms with Gasteiger partial charge in [0.05, 0.1) is 11.3 Å². The van der Waals surface area contributed by atoms with Crippen LogP contribution >= 0.6 is 46.1 Å². The van der Waals surface area contributed by atoms with Crippen LogP contribution in [-0.2, 0) is 10.7 Å². The van der Waals surface area contributed by atoms with Gasteiger partial charge in [0.15, 0.2) is 0 Å².